The first kappa shape index (κ1) is 13.7. The summed E-state index contributed by atoms with van der Waals surface area (Å²) in [5.41, 5.74) is 4.03. The van der Waals surface area contributed by atoms with E-state index in [2.05, 4.69) is 46.6 Å². The molecule has 1 N–H and O–H groups in total. The Bertz CT molecular complexity index is 573. The molecule has 2 aromatic heterocycles. The van der Waals surface area contributed by atoms with Crippen LogP contribution in [0.2, 0.25) is 0 Å². The molecular formula is C16H21N3S. The molecule has 0 saturated carbocycles. The lowest BCUT2D eigenvalue weighted by atomic mass is 9.99. The summed E-state index contributed by atoms with van der Waals surface area (Å²) in [6, 6.07) is 4.88. The van der Waals surface area contributed by atoms with Crippen molar-refractivity contribution in [3.63, 3.8) is 0 Å². The molecule has 0 radical (unpaired) electrons. The Morgan fingerprint density at radius 1 is 1.30 bits per heavy atom. The highest BCUT2D eigenvalue weighted by Crippen LogP contribution is 2.34. The van der Waals surface area contributed by atoms with Crippen LogP contribution in [0.25, 0.3) is 0 Å². The van der Waals surface area contributed by atoms with Gasteiger partial charge in [0, 0.05) is 43.4 Å². The molecule has 0 aliphatic carbocycles. The average Bonchev–Trinajstić information content (AvgIpc) is 2.89. The molecule has 106 valence electrons. The summed E-state index contributed by atoms with van der Waals surface area (Å²) in [5, 5.41) is 5.69. The quantitative estimate of drug-likeness (QED) is 0.941. The molecule has 2 aromatic rings. The average molecular weight is 287 g/mol. The molecule has 1 unspecified atom stereocenters. The minimum Gasteiger partial charge on any atom is -0.314 e. The number of aromatic nitrogens is 1. The maximum atomic E-state index is 4.24. The second-order valence-electron chi connectivity index (χ2n) is 5.45. The molecule has 0 amide bonds. The van der Waals surface area contributed by atoms with E-state index in [1.807, 2.05) is 23.7 Å². The topological polar surface area (TPSA) is 28.2 Å². The minimum absolute atomic E-state index is 0.374. The van der Waals surface area contributed by atoms with Gasteiger partial charge in [0.25, 0.3) is 0 Å². The molecule has 1 saturated heterocycles. The smallest absolute Gasteiger partial charge is 0.0700 e. The van der Waals surface area contributed by atoms with Crippen molar-refractivity contribution < 1.29 is 0 Å². The molecule has 1 aliphatic rings. The van der Waals surface area contributed by atoms with E-state index in [9.17, 15) is 0 Å². The zero-order valence-corrected chi connectivity index (χ0v) is 12.9. The van der Waals surface area contributed by atoms with Crippen LogP contribution in [0, 0.1) is 13.8 Å². The van der Waals surface area contributed by atoms with E-state index in [0.29, 0.717) is 6.04 Å². The Labute approximate surface area is 124 Å². The monoisotopic (exact) mass is 287 g/mol. The van der Waals surface area contributed by atoms with Crippen LogP contribution in [0.4, 0.5) is 0 Å². The van der Waals surface area contributed by atoms with Gasteiger partial charge in [-0.25, -0.2) is 0 Å². The lowest BCUT2D eigenvalue weighted by Gasteiger charge is -2.35. The number of piperazine rings is 1. The van der Waals surface area contributed by atoms with Crippen LogP contribution in [0.15, 0.2) is 29.9 Å². The van der Waals surface area contributed by atoms with Crippen molar-refractivity contribution in [1.29, 1.82) is 0 Å². The van der Waals surface area contributed by atoms with Gasteiger partial charge in [-0.2, -0.15) is 0 Å². The van der Waals surface area contributed by atoms with E-state index in [-0.39, 0.29) is 0 Å². The first-order valence-corrected chi connectivity index (χ1v) is 8.04. The van der Waals surface area contributed by atoms with Gasteiger partial charge in [-0.05, 0) is 48.1 Å². The summed E-state index contributed by atoms with van der Waals surface area (Å²) in [4.78, 5) is 8.27. The van der Waals surface area contributed by atoms with Crippen LogP contribution in [-0.2, 0) is 0 Å². The van der Waals surface area contributed by atoms with E-state index in [1.165, 1.54) is 21.6 Å². The minimum atomic E-state index is 0.374. The fraction of sp³-hybridized carbons (Fsp3) is 0.438. The number of nitrogens with zero attached hydrogens (tertiary/aromatic N) is 2. The van der Waals surface area contributed by atoms with Gasteiger partial charge in [-0.15, -0.1) is 11.3 Å². The summed E-state index contributed by atoms with van der Waals surface area (Å²) in [6.45, 7) is 8.69. The summed E-state index contributed by atoms with van der Waals surface area (Å²) < 4.78 is 0. The highest BCUT2D eigenvalue weighted by atomic mass is 32.1. The standard InChI is InChI=1S/C16H21N3S/c1-12-9-15(20-11-12)16(19-7-5-17-6-8-19)14-3-4-18-10-13(14)2/h3-4,9-11,16-17H,5-8H2,1-2H3. The molecule has 3 heterocycles. The molecule has 0 aromatic carbocycles. The molecule has 0 spiro atoms. The zero-order chi connectivity index (χ0) is 13.9. The van der Waals surface area contributed by atoms with Crippen molar-refractivity contribution >= 4 is 11.3 Å². The third-order valence-electron chi connectivity index (χ3n) is 3.90. The molecular weight excluding hydrogens is 266 g/mol. The SMILES string of the molecule is Cc1csc(C(c2ccncc2C)N2CCNCC2)c1. The largest absolute Gasteiger partial charge is 0.314 e. The summed E-state index contributed by atoms with van der Waals surface area (Å²) >= 11 is 1.87. The van der Waals surface area contributed by atoms with Crippen LogP contribution in [0.1, 0.15) is 27.6 Å². The summed E-state index contributed by atoms with van der Waals surface area (Å²) in [5.74, 6) is 0. The highest BCUT2D eigenvalue weighted by molar-refractivity contribution is 7.10. The number of thiophene rings is 1. The zero-order valence-electron chi connectivity index (χ0n) is 12.1. The normalized spacial score (nSPS) is 18.1. The van der Waals surface area contributed by atoms with Crippen LogP contribution in [0.5, 0.6) is 0 Å². The number of aryl methyl sites for hydroxylation is 2. The van der Waals surface area contributed by atoms with E-state index in [4.69, 9.17) is 0 Å². The predicted molar refractivity (Wildman–Crippen MR) is 84.3 cm³/mol. The maximum Gasteiger partial charge on any atom is 0.0700 e. The van der Waals surface area contributed by atoms with Gasteiger partial charge in [0.2, 0.25) is 0 Å². The van der Waals surface area contributed by atoms with Crippen molar-refractivity contribution in [2.75, 3.05) is 26.2 Å². The number of hydrogen-bond donors (Lipinski definition) is 1. The summed E-state index contributed by atoms with van der Waals surface area (Å²) in [6.07, 6.45) is 3.89. The highest BCUT2D eigenvalue weighted by Gasteiger charge is 2.26. The molecule has 3 nitrogen and oxygen atoms in total. The fourth-order valence-electron chi connectivity index (χ4n) is 2.86. The first-order valence-electron chi connectivity index (χ1n) is 7.16. The van der Waals surface area contributed by atoms with E-state index in [0.717, 1.165) is 26.2 Å². The van der Waals surface area contributed by atoms with Gasteiger partial charge < -0.3 is 5.32 Å². The molecule has 1 atom stereocenters. The molecule has 3 rings (SSSR count). The van der Waals surface area contributed by atoms with Crippen LogP contribution in [0.3, 0.4) is 0 Å². The molecule has 20 heavy (non-hydrogen) atoms. The third kappa shape index (κ3) is 2.77. The Balaban J connectivity index is 2.01. The second-order valence-corrected chi connectivity index (χ2v) is 6.39. The number of pyridine rings is 1. The van der Waals surface area contributed by atoms with Gasteiger partial charge >= 0.3 is 0 Å². The Morgan fingerprint density at radius 3 is 2.75 bits per heavy atom. The Kier molecular flexibility index (Phi) is 4.15. The maximum absolute atomic E-state index is 4.24. The molecule has 0 bridgehead atoms. The Hall–Kier alpha value is -1.23. The van der Waals surface area contributed by atoms with Crippen molar-refractivity contribution in [2.45, 2.75) is 19.9 Å². The van der Waals surface area contributed by atoms with Gasteiger partial charge in [-0.1, -0.05) is 0 Å². The van der Waals surface area contributed by atoms with Gasteiger partial charge in [0.1, 0.15) is 0 Å². The molecule has 4 heteroatoms. The summed E-state index contributed by atoms with van der Waals surface area (Å²) in [7, 11) is 0. The number of nitrogens with one attached hydrogen (secondary N) is 1. The fourth-order valence-corrected chi connectivity index (χ4v) is 3.91. The predicted octanol–water partition coefficient (Wildman–Crippen LogP) is 2.75. The van der Waals surface area contributed by atoms with Crippen molar-refractivity contribution in [3.8, 4) is 0 Å². The molecule has 1 aliphatic heterocycles. The molecule has 1 fully saturated rings. The lowest BCUT2D eigenvalue weighted by molar-refractivity contribution is 0.200. The van der Waals surface area contributed by atoms with Crippen LogP contribution >= 0.6 is 11.3 Å². The first-order chi connectivity index (χ1) is 9.75. The number of hydrogen-bond acceptors (Lipinski definition) is 4. The van der Waals surface area contributed by atoms with Crippen LogP contribution < -0.4 is 5.32 Å². The van der Waals surface area contributed by atoms with Gasteiger partial charge in [0.15, 0.2) is 0 Å². The number of rotatable bonds is 3. The van der Waals surface area contributed by atoms with Crippen molar-refractivity contribution in [2.24, 2.45) is 0 Å². The van der Waals surface area contributed by atoms with Crippen LogP contribution in [-0.4, -0.2) is 36.1 Å². The second kappa shape index (κ2) is 6.04. The third-order valence-corrected chi connectivity index (χ3v) is 5.00. The van der Waals surface area contributed by atoms with E-state index in [1.54, 1.807) is 0 Å². The Morgan fingerprint density at radius 2 is 2.10 bits per heavy atom. The van der Waals surface area contributed by atoms with E-state index >= 15 is 0 Å². The van der Waals surface area contributed by atoms with Crippen molar-refractivity contribution in [1.82, 2.24) is 15.2 Å². The van der Waals surface area contributed by atoms with Gasteiger partial charge in [0.05, 0.1) is 6.04 Å². The lowest BCUT2D eigenvalue weighted by Crippen LogP contribution is -2.45. The van der Waals surface area contributed by atoms with E-state index < -0.39 is 0 Å². The van der Waals surface area contributed by atoms with Crippen molar-refractivity contribution in [3.05, 3.63) is 51.5 Å². The van der Waals surface area contributed by atoms with Gasteiger partial charge in [-0.3, -0.25) is 9.88 Å².